The molecule has 1 saturated heterocycles. The minimum absolute atomic E-state index is 0.506. The van der Waals surface area contributed by atoms with Crippen molar-refractivity contribution in [3.8, 4) is 0 Å². The fraction of sp³-hybridized carbons (Fsp3) is 0.500. The summed E-state index contributed by atoms with van der Waals surface area (Å²) in [5, 5.41) is 3.26. The second kappa shape index (κ2) is 3.83. The van der Waals surface area contributed by atoms with E-state index in [2.05, 4.69) is 15.3 Å². The topological polar surface area (TPSA) is 63.8 Å². The van der Waals surface area contributed by atoms with Crippen LogP contribution < -0.4 is 11.1 Å². The Morgan fingerprint density at radius 3 is 3.23 bits per heavy atom. The summed E-state index contributed by atoms with van der Waals surface area (Å²) in [6, 6.07) is 2.20. The van der Waals surface area contributed by atoms with Gasteiger partial charge in [0.2, 0.25) is 5.95 Å². The number of hydrogen-bond acceptors (Lipinski definition) is 5. The summed E-state index contributed by atoms with van der Waals surface area (Å²) in [7, 11) is 0. The maximum absolute atomic E-state index is 5.54. The molecule has 4 nitrogen and oxygen atoms in total. The van der Waals surface area contributed by atoms with Crippen LogP contribution in [0.15, 0.2) is 12.3 Å². The number of aromatic nitrogens is 2. The van der Waals surface area contributed by atoms with Gasteiger partial charge in [0.15, 0.2) is 0 Å². The number of thioether (sulfide) groups is 1. The van der Waals surface area contributed by atoms with Gasteiger partial charge >= 0.3 is 0 Å². The van der Waals surface area contributed by atoms with Crippen LogP contribution in [0.1, 0.15) is 6.42 Å². The average molecular weight is 196 g/mol. The Kier molecular flexibility index (Phi) is 2.54. The predicted molar refractivity (Wildman–Crippen MR) is 55.8 cm³/mol. The molecule has 0 radical (unpaired) electrons. The van der Waals surface area contributed by atoms with Crippen LogP contribution in [0.5, 0.6) is 0 Å². The van der Waals surface area contributed by atoms with Crippen molar-refractivity contribution < 1.29 is 0 Å². The Hall–Kier alpha value is -0.970. The summed E-state index contributed by atoms with van der Waals surface area (Å²) in [5.74, 6) is 3.52. The third-order valence-electron chi connectivity index (χ3n) is 1.94. The molecule has 1 unspecified atom stereocenters. The summed E-state index contributed by atoms with van der Waals surface area (Å²) in [5.41, 5.74) is 5.54. The standard InChI is InChI=1S/C8H12N4S/c9-7-1-3-10-8(12-7)11-6-2-4-13-5-6/h1,3,6H,2,4-5H2,(H3,9,10,11,12). The van der Waals surface area contributed by atoms with Gasteiger partial charge < -0.3 is 11.1 Å². The van der Waals surface area contributed by atoms with E-state index in [4.69, 9.17) is 5.73 Å². The molecule has 70 valence electrons. The second-order valence-electron chi connectivity index (χ2n) is 3.01. The highest BCUT2D eigenvalue weighted by Crippen LogP contribution is 2.19. The van der Waals surface area contributed by atoms with Crippen LogP contribution >= 0.6 is 11.8 Å². The van der Waals surface area contributed by atoms with Crippen molar-refractivity contribution in [1.82, 2.24) is 9.97 Å². The van der Waals surface area contributed by atoms with Crippen LogP contribution in [-0.2, 0) is 0 Å². The minimum Gasteiger partial charge on any atom is -0.384 e. The zero-order chi connectivity index (χ0) is 9.10. The summed E-state index contributed by atoms with van der Waals surface area (Å²) in [4.78, 5) is 8.17. The fourth-order valence-electron chi connectivity index (χ4n) is 1.27. The fourth-order valence-corrected chi connectivity index (χ4v) is 2.43. The summed E-state index contributed by atoms with van der Waals surface area (Å²) in [6.45, 7) is 0. The molecule has 0 amide bonds. The van der Waals surface area contributed by atoms with Crippen LogP contribution in [-0.4, -0.2) is 27.5 Å². The van der Waals surface area contributed by atoms with E-state index in [1.165, 1.54) is 12.2 Å². The highest BCUT2D eigenvalue weighted by atomic mass is 32.2. The molecule has 1 aromatic rings. The summed E-state index contributed by atoms with van der Waals surface area (Å²) in [6.07, 6.45) is 2.86. The molecule has 1 aliphatic heterocycles. The molecule has 0 aromatic carbocycles. The van der Waals surface area contributed by atoms with Crippen LogP contribution in [0.4, 0.5) is 11.8 Å². The first-order valence-electron chi connectivity index (χ1n) is 4.27. The smallest absolute Gasteiger partial charge is 0.224 e. The lowest BCUT2D eigenvalue weighted by atomic mass is 10.3. The second-order valence-corrected chi connectivity index (χ2v) is 4.16. The molecule has 13 heavy (non-hydrogen) atoms. The molecule has 0 spiro atoms. The lowest BCUT2D eigenvalue weighted by molar-refractivity contribution is 0.799. The van der Waals surface area contributed by atoms with Crippen LogP contribution in [0.3, 0.4) is 0 Å². The Bertz CT molecular complexity index is 285. The SMILES string of the molecule is Nc1ccnc(NC2CCSC2)n1. The van der Waals surface area contributed by atoms with Gasteiger partial charge in [-0.05, 0) is 18.2 Å². The van der Waals surface area contributed by atoms with Gasteiger partial charge in [0.1, 0.15) is 5.82 Å². The molecule has 1 aromatic heterocycles. The van der Waals surface area contributed by atoms with Crippen molar-refractivity contribution in [3.05, 3.63) is 12.3 Å². The monoisotopic (exact) mass is 196 g/mol. The largest absolute Gasteiger partial charge is 0.384 e. The molecule has 1 atom stereocenters. The van der Waals surface area contributed by atoms with Gasteiger partial charge in [-0.3, -0.25) is 0 Å². The van der Waals surface area contributed by atoms with Gasteiger partial charge in [0.25, 0.3) is 0 Å². The summed E-state index contributed by atoms with van der Waals surface area (Å²) >= 11 is 1.96. The van der Waals surface area contributed by atoms with Crippen LogP contribution in [0, 0.1) is 0 Å². The molecule has 2 rings (SSSR count). The van der Waals surface area contributed by atoms with Crippen molar-refractivity contribution in [2.75, 3.05) is 22.6 Å². The number of nitrogens with two attached hydrogens (primary N) is 1. The van der Waals surface area contributed by atoms with Crippen LogP contribution in [0.25, 0.3) is 0 Å². The normalized spacial score (nSPS) is 21.7. The van der Waals surface area contributed by atoms with Gasteiger partial charge in [-0.1, -0.05) is 0 Å². The lowest BCUT2D eigenvalue weighted by Crippen LogP contribution is -2.19. The van der Waals surface area contributed by atoms with E-state index in [0.717, 1.165) is 5.75 Å². The number of nitrogen functional groups attached to an aromatic ring is 1. The van der Waals surface area contributed by atoms with Crippen LogP contribution in [0.2, 0.25) is 0 Å². The van der Waals surface area contributed by atoms with E-state index in [1.807, 2.05) is 11.8 Å². The number of hydrogen-bond donors (Lipinski definition) is 2. The van der Waals surface area contributed by atoms with E-state index >= 15 is 0 Å². The van der Waals surface area contributed by atoms with E-state index in [0.29, 0.717) is 17.8 Å². The van der Waals surface area contributed by atoms with Crippen molar-refractivity contribution in [2.24, 2.45) is 0 Å². The molecule has 0 aliphatic carbocycles. The van der Waals surface area contributed by atoms with Gasteiger partial charge in [-0.25, -0.2) is 4.98 Å². The summed E-state index contributed by atoms with van der Waals surface area (Å²) < 4.78 is 0. The quantitative estimate of drug-likeness (QED) is 0.738. The Morgan fingerprint density at radius 1 is 1.62 bits per heavy atom. The highest BCUT2D eigenvalue weighted by molar-refractivity contribution is 7.99. The van der Waals surface area contributed by atoms with Gasteiger partial charge in [0.05, 0.1) is 0 Å². The first-order chi connectivity index (χ1) is 6.34. The van der Waals surface area contributed by atoms with E-state index < -0.39 is 0 Å². The lowest BCUT2D eigenvalue weighted by Gasteiger charge is -2.10. The molecule has 1 aliphatic rings. The molecule has 2 heterocycles. The molecule has 3 N–H and O–H groups in total. The molecule has 0 bridgehead atoms. The van der Waals surface area contributed by atoms with E-state index in [1.54, 1.807) is 12.3 Å². The highest BCUT2D eigenvalue weighted by Gasteiger charge is 2.15. The van der Waals surface area contributed by atoms with E-state index in [-0.39, 0.29) is 0 Å². The number of anilines is 2. The Labute approximate surface area is 81.3 Å². The van der Waals surface area contributed by atoms with Gasteiger partial charge in [0, 0.05) is 18.0 Å². The zero-order valence-electron chi connectivity index (χ0n) is 7.23. The van der Waals surface area contributed by atoms with Gasteiger partial charge in [-0.2, -0.15) is 16.7 Å². The third-order valence-corrected chi connectivity index (χ3v) is 3.10. The molecular weight excluding hydrogens is 184 g/mol. The first-order valence-corrected chi connectivity index (χ1v) is 5.43. The molecular formula is C8H12N4S. The predicted octanol–water partition coefficient (Wildman–Crippen LogP) is 0.976. The van der Waals surface area contributed by atoms with Crippen molar-refractivity contribution in [3.63, 3.8) is 0 Å². The molecule has 5 heteroatoms. The molecule has 0 saturated carbocycles. The number of rotatable bonds is 2. The third kappa shape index (κ3) is 2.24. The number of nitrogens with one attached hydrogen (secondary N) is 1. The average Bonchev–Trinajstić information content (AvgIpc) is 2.57. The van der Waals surface area contributed by atoms with Crippen molar-refractivity contribution in [1.29, 1.82) is 0 Å². The van der Waals surface area contributed by atoms with Crippen molar-refractivity contribution >= 4 is 23.5 Å². The zero-order valence-corrected chi connectivity index (χ0v) is 8.05. The Balaban J connectivity index is 2.00. The molecule has 1 fully saturated rings. The maximum atomic E-state index is 5.54. The van der Waals surface area contributed by atoms with Gasteiger partial charge in [-0.15, -0.1) is 0 Å². The Morgan fingerprint density at radius 2 is 2.54 bits per heavy atom. The minimum atomic E-state index is 0.506. The first kappa shape index (κ1) is 8.62. The number of nitrogens with zero attached hydrogens (tertiary/aromatic N) is 2. The van der Waals surface area contributed by atoms with E-state index in [9.17, 15) is 0 Å². The maximum Gasteiger partial charge on any atom is 0.224 e. The van der Waals surface area contributed by atoms with Crippen molar-refractivity contribution in [2.45, 2.75) is 12.5 Å².